The zero-order valence-corrected chi connectivity index (χ0v) is 8.69. The maximum atomic E-state index is 10.8. The summed E-state index contributed by atoms with van der Waals surface area (Å²) in [5, 5.41) is 1.63. The normalized spacial score (nSPS) is 24.4. The highest BCUT2D eigenvalue weighted by Gasteiger charge is 2.39. The van der Waals surface area contributed by atoms with Gasteiger partial charge in [0.1, 0.15) is 0 Å². The van der Waals surface area contributed by atoms with Gasteiger partial charge in [-0.15, -0.1) is 5.06 Å². The molecule has 0 aromatic heterocycles. The van der Waals surface area contributed by atoms with E-state index in [2.05, 4.69) is 11.7 Å². The lowest BCUT2D eigenvalue weighted by Gasteiger charge is -2.05. The van der Waals surface area contributed by atoms with Crippen LogP contribution in [0.25, 0.3) is 0 Å². The Balaban J connectivity index is 1.99. The number of hydroxylamine groups is 2. The minimum Gasteiger partial charge on any atom is -0.435 e. The number of carbonyl (C=O) groups is 1. The lowest BCUT2D eigenvalue weighted by Crippen LogP contribution is -2.13. The molecule has 1 aliphatic rings. The fraction of sp³-hybridized carbons (Fsp3) is 0.889. The van der Waals surface area contributed by atoms with Gasteiger partial charge in [0.05, 0.1) is 19.8 Å². The van der Waals surface area contributed by atoms with Gasteiger partial charge in [-0.1, -0.05) is 13.3 Å². The van der Waals surface area contributed by atoms with Crippen molar-refractivity contribution in [3.05, 3.63) is 0 Å². The van der Waals surface area contributed by atoms with Crippen molar-refractivity contribution in [1.82, 2.24) is 5.06 Å². The Morgan fingerprint density at radius 3 is 2.93 bits per heavy atom. The van der Waals surface area contributed by atoms with Gasteiger partial charge >= 0.3 is 6.16 Å². The Bertz CT molecular complexity index is 186. The Kier molecular flexibility index (Phi) is 4.69. The minimum atomic E-state index is -0.626. The van der Waals surface area contributed by atoms with Gasteiger partial charge in [-0.05, 0) is 13.3 Å². The molecule has 14 heavy (non-hydrogen) atoms. The molecule has 0 spiro atoms. The molecule has 0 bridgehead atoms. The van der Waals surface area contributed by atoms with E-state index in [0.29, 0.717) is 19.8 Å². The summed E-state index contributed by atoms with van der Waals surface area (Å²) in [7, 11) is 0. The fourth-order valence-electron chi connectivity index (χ4n) is 0.928. The summed E-state index contributed by atoms with van der Waals surface area (Å²) in [6, 6.07) is 0. The van der Waals surface area contributed by atoms with E-state index in [0.717, 1.165) is 12.8 Å². The van der Waals surface area contributed by atoms with Crippen molar-refractivity contribution in [1.29, 1.82) is 0 Å². The first-order valence-electron chi connectivity index (χ1n) is 5.00. The molecule has 0 N–H and O–H groups in total. The largest absolute Gasteiger partial charge is 0.509 e. The van der Waals surface area contributed by atoms with Gasteiger partial charge in [0.25, 0.3) is 0 Å². The second kappa shape index (κ2) is 5.82. The van der Waals surface area contributed by atoms with Crippen LogP contribution in [-0.4, -0.2) is 37.2 Å². The molecule has 1 heterocycles. The van der Waals surface area contributed by atoms with Crippen molar-refractivity contribution in [3.8, 4) is 0 Å². The highest BCUT2D eigenvalue weighted by Crippen LogP contribution is 2.19. The third-order valence-corrected chi connectivity index (χ3v) is 1.77. The predicted octanol–water partition coefficient (Wildman–Crippen LogP) is 1.53. The molecule has 0 aliphatic carbocycles. The molecule has 0 aromatic carbocycles. The number of ether oxygens (including phenoxy) is 2. The average Bonchev–Trinajstić information content (AvgIpc) is 2.84. The Labute approximate surface area is 83.9 Å². The van der Waals surface area contributed by atoms with Crippen LogP contribution in [0.15, 0.2) is 0 Å². The van der Waals surface area contributed by atoms with E-state index < -0.39 is 6.16 Å². The van der Waals surface area contributed by atoms with Crippen molar-refractivity contribution in [2.75, 3.05) is 19.8 Å². The maximum Gasteiger partial charge on any atom is 0.509 e. The van der Waals surface area contributed by atoms with Crippen LogP contribution >= 0.6 is 0 Å². The van der Waals surface area contributed by atoms with Gasteiger partial charge in [0, 0.05) is 0 Å². The summed E-state index contributed by atoms with van der Waals surface area (Å²) in [6.45, 7) is 5.49. The van der Waals surface area contributed by atoms with E-state index in [-0.39, 0.29) is 6.23 Å². The van der Waals surface area contributed by atoms with Crippen LogP contribution in [0.2, 0.25) is 0 Å². The number of unbranched alkanes of at least 4 members (excludes halogenated alkanes) is 1. The first-order valence-corrected chi connectivity index (χ1v) is 5.00. The molecule has 2 unspecified atom stereocenters. The van der Waals surface area contributed by atoms with Crippen molar-refractivity contribution in [2.45, 2.75) is 32.9 Å². The quantitative estimate of drug-likeness (QED) is 0.372. The number of rotatable bonds is 6. The smallest absolute Gasteiger partial charge is 0.435 e. The first-order chi connectivity index (χ1) is 6.77. The number of hydrogen-bond acceptors (Lipinski definition) is 5. The molecule has 5 heteroatoms. The van der Waals surface area contributed by atoms with E-state index >= 15 is 0 Å². The number of hydrogen-bond donors (Lipinski definition) is 0. The van der Waals surface area contributed by atoms with Gasteiger partial charge in [0.15, 0.2) is 6.23 Å². The van der Waals surface area contributed by atoms with Crippen LogP contribution in [0, 0.1) is 0 Å². The minimum absolute atomic E-state index is 0.245. The van der Waals surface area contributed by atoms with Gasteiger partial charge in [-0.3, -0.25) is 4.84 Å². The van der Waals surface area contributed by atoms with Gasteiger partial charge in [-0.25, -0.2) is 4.79 Å². The second-order valence-corrected chi connectivity index (χ2v) is 3.04. The van der Waals surface area contributed by atoms with E-state index in [4.69, 9.17) is 9.57 Å². The third kappa shape index (κ3) is 3.93. The molecule has 0 radical (unpaired) electrons. The van der Waals surface area contributed by atoms with Gasteiger partial charge in [-0.2, -0.15) is 0 Å². The van der Waals surface area contributed by atoms with E-state index in [1.165, 1.54) is 0 Å². The molecule has 1 fully saturated rings. The Morgan fingerprint density at radius 2 is 2.29 bits per heavy atom. The Morgan fingerprint density at radius 1 is 1.50 bits per heavy atom. The van der Waals surface area contributed by atoms with Crippen LogP contribution < -0.4 is 0 Å². The molecule has 0 saturated carbocycles. The van der Waals surface area contributed by atoms with Crippen LogP contribution in [0.5, 0.6) is 0 Å². The summed E-state index contributed by atoms with van der Waals surface area (Å²) in [4.78, 5) is 16.1. The topological polar surface area (TPSA) is 47.8 Å². The molecule has 0 amide bonds. The molecule has 1 saturated heterocycles. The van der Waals surface area contributed by atoms with Gasteiger partial charge < -0.3 is 9.47 Å². The molecular weight excluding hydrogens is 186 g/mol. The molecule has 82 valence electrons. The fourth-order valence-corrected chi connectivity index (χ4v) is 0.928. The maximum absolute atomic E-state index is 10.8. The molecule has 5 nitrogen and oxygen atoms in total. The molecule has 1 rings (SSSR count). The van der Waals surface area contributed by atoms with Crippen LogP contribution in [0.4, 0.5) is 4.79 Å². The molecule has 0 aromatic rings. The van der Waals surface area contributed by atoms with Gasteiger partial charge in [0.2, 0.25) is 0 Å². The summed E-state index contributed by atoms with van der Waals surface area (Å²) >= 11 is 0. The first kappa shape index (κ1) is 11.3. The van der Waals surface area contributed by atoms with E-state index in [9.17, 15) is 4.79 Å². The summed E-state index contributed by atoms with van der Waals surface area (Å²) in [6.07, 6.45) is 1.24. The van der Waals surface area contributed by atoms with Crippen molar-refractivity contribution >= 4 is 6.16 Å². The SMILES string of the molecule is CCCCON1CC1OC(=O)OCC. The highest BCUT2D eigenvalue weighted by atomic mass is 16.8. The lowest BCUT2D eigenvalue weighted by atomic mass is 10.4. The summed E-state index contributed by atoms with van der Waals surface area (Å²) < 4.78 is 9.51. The van der Waals surface area contributed by atoms with Crippen LogP contribution in [0.1, 0.15) is 26.7 Å². The number of nitrogens with zero attached hydrogens (tertiary/aromatic N) is 1. The summed E-state index contributed by atoms with van der Waals surface area (Å²) in [5.41, 5.74) is 0. The average molecular weight is 203 g/mol. The zero-order chi connectivity index (χ0) is 10.4. The van der Waals surface area contributed by atoms with E-state index in [1.807, 2.05) is 0 Å². The summed E-state index contributed by atoms with van der Waals surface area (Å²) in [5.74, 6) is 0. The molecule has 1 aliphatic heterocycles. The lowest BCUT2D eigenvalue weighted by molar-refractivity contribution is -0.112. The monoisotopic (exact) mass is 203 g/mol. The standard InChI is InChI=1S/C9H17NO4/c1-3-5-6-13-10-7-8(10)14-9(11)12-4-2/h8H,3-7H2,1-2H3. The number of carbonyl (C=O) groups excluding carboxylic acids is 1. The highest BCUT2D eigenvalue weighted by molar-refractivity contribution is 5.60. The van der Waals surface area contributed by atoms with Crippen molar-refractivity contribution in [2.24, 2.45) is 0 Å². The second-order valence-electron chi connectivity index (χ2n) is 3.04. The van der Waals surface area contributed by atoms with Crippen molar-refractivity contribution < 1.29 is 19.1 Å². The van der Waals surface area contributed by atoms with Crippen LogP contribution in [0.3, 0.4) is 0 Å². The van der Waals surface area contributed by atoms with E-state index in [1.54, 1.807) is 12.0 Å². The zero-order valence-electron chi connectivity index (χ0n) is 8.69. The predicted molar refractivity (Wildman–Crippen MR) is 49.5 cm³/mol. The van der Waals surface area contributed by atoms with Crippen LogP contribution in [-0.2, 0) is 14.3 Å². The van der Waals surface area contributed by atoms with Crippen molar-refractivity contribution in [3.63, 3.8) is 0 Å². The Hall–Kier alpha value is -0.810. The third-order valence-electron chi connectivity index (χ3n) is 1.77. The molecule has 2 atom stereocenters. The molecular formula is C9H17NO4.